The van der Waals surface area contributed by atoms with Gasteiger partial charge in [0.1, 0.15) is 34.2 Å². The van der Waals surface area contributed by atoms with Crippen LogP contribution in [0.4, 0.5) is 10.1 Å². The number of aliphatic hydroxyl groups excluding tert-OH is 1. The SMILES string of the molecule is CC(O)CN(c1cc2oc(-c3ccc(Oc4ccc(F)cc4)cc3)c(C(=O)O)c2cc1C1CC1)S(C)(=O)=O. The summed E-state index contributed by atoms with van der Waals surface area (Å²) in [5.41, 5.74) is 1.78. The number of ether oxygens (including phenoxy) is 1. The predicted octanol–water partition coefficient (Wildman–Crippen LogP) is 5.75. The number of nitrogens with zero attached hydrogens (tertiary/aromatic N) is 1. The predicted molar refractivity (Wildman–Crippen MR) is 141 cm³/mol. The van der Waals surface area contributed by atoms with Crippen molar-refractivity contribution in [2.45, 2.75) is 31.8 Å². The molecule has 1 atom stereocenters. The fourth-order valence-corrected chi connectivity index (χ4v) is 5.47. The molecule has 0 bridgehead atoms. The number of sulfonamides is 1. The highest BCUT2D eigenvalue weighted by molar-refractivity contribution is 7.92. The zero-order valence-electron chi connectivity index (χ0n) is 20.7. The van der Waals surface area contributed by atoms with Gasteiger partial charge in [-0.3, -0.25) is 4.31 Å². The van der Waals surface area contributed by atoms with Crippen molar-refractivity contribution >= 4 is 32.6 Å². The smallest absolute Gasteiger partial charge is 0.340 e. The van der Waals surface area contributed by atoms with E-state index in [-0.39, 0.29) is 35.2 Å². The quantitative estimate of drug-likeness (QED) is 0.278. The van der Waals surface area contributed by atoms with Crippen molar-refractivity contribution in [3.8, 4) is 22.8 Å². The molecule has 1 aromatic heterocycles. The Balaban J connectivity index is 1.59. The van der Waals surface area contributed by atoms with Gasteiger partial charge in [-0.15, -0.1) is 0 Å². The maximum absolute atomic E-state index is 13.2. The number of rotatable bonds is 9. The molecular formula is C28H26FNO7S. The molecule has 4 aromatic rings. The van der Waals surface area contributed by atoms with Gasteiger partial charge < -0.3 is 19.4 Å². The fourth-order valence-electron chi connectivity index (χ4n) is 4.47. The third-order valence-corrected chi connectivity index (χ3v) is 7.48. The first kappa shape index (κ1) is 25.7. The van der Waals surface area contributed by atoms with Gasteiger partial charge in [0, 0.05) is 17.0 Å². The van der Waals surface area contributed by atoms with Crippen molar-refractivity contribution in [2.75, 3.05) is 17.1 Å². The van der Waals surface area contributed by atoms with Crippen LogP contribution >= 0.6 is 0 Å². The molecular weight excluding hydrogens is 513 g/mol. The number of aromatic carboxylic acids is 1. The molecule has 0 spiro atoms. The molecule has 1 heterocycles. The summed E-state index contributed by atoms with van der Waals surface area (Å²) >= 11 is 0. The van der Waals surface area contributed by atoms with E-state index >= 15 is 0 Å². The molecule has 1 aliphatic rings. The van der Waals surface area contributed by atoms with E-state index in [1.807, 2.05) is 0 Å². The van der Waals surface area contributed by atoms with Gasteiger partial charge in [0.15, 0.2) is 0 Å². The van der Waals surface area contributed by atoms with E-state index in [4.69, 9.17) is 9.15 Å². The first-order chi connectivity index (χ1) is 18.0. The summed E-state index contributed by atoms with van der Waals surface area (Å²) in [6, 6.07) is 15.4. The summed E-state index contributed by atoms with van der Waals surface area (Å²) in [4.78, 5) is 12.4. The van der Waals surface area contributed by atoms with E-state index < -0.39 is 22.1 Å². The van der Waals surface area contributed by atoms with Crippen LogP contribution in [0, 0.1) is 5.82 Å². The van der Waals surface area contributed by atoms with Crippen LogP contribution in [0.1, 0.15) is 41.6 Å². The number of fused-ring (bicyclic) bond motifs is 1. The molecule has 0 saturated heterocycles. The Morgan fingerprint density at radius 1 is 1.11 bits per heavy atom. The average Bonchev–Trinajstić information content (AvgIpc) is 3.63. The zero-order valence-corrected chi connectivity index (χ0v) is 21.5. The van der Waals surface area contributed by atoms with Crippen LogP contribution in [0.3, 0.4) is 0 Å². The van der Waals surface area contributed by atoms with Crippen LogP contribution in [0.2, 0.25) is 0 Å². The van der Waals surface area contributed by atoms with E-state index in [1.54, 1.807) is 36.4 Å². The minimum atomic E-state index is -3.73. The number of benzene rings is 3. The number of hydrogen-bond donors (Lipinski definition) is 2. The molecule has 1 aliphatic carbocycles. The molecule has 2 N–H and O–H groups in total. The molecule has 198 valence electrons. The van der Waals surface area contributed by atoms with Gasteiger partial charge in [-0.2, -0.15) is 0 Å². The van der Waals surface area contributed by atoms with Crippen LogP contribution in [-0.4, -0.2) is 43.5 Å². The molecule has 10 heteroatoms. The summed E-state index contributed by atoms with van der Waals surface area (Å²) < 4.78 is 51.3. The second kappa shape index (κ2) is 9.77. The first-order valence-corrected chi connectivity index (χ1v) is 13.9. The van der Waals surface area contributed by atoms with Crippen molar-refractivity contribution in [2.24, 2.45) is 0 Å². The molecule has 8 nitrogen and oxygen atoms in total. The summed E-state index contributed by atoms with van der Waals surface area (Å²) in [5, 5.41) is 20.4. The highest BCUT2D eigenvalue weighted by Crippen LogP contribution is 2.48. The summed E-state index contributed by atoms with van der Waals surface area (Å²) in [7, 11) is -3.73. The second-order valence-electron chi connectivity index (χ2n) is 9.52. The van der Waals surface area contributed by atoms with Crippen molar-refractivity contribution in [3.63, 3.8) is 0 Å². The highest BCUT2D eigenvalue weighted by Gasteiger charge is 2.33. The van der Waals surface area contributed by atoms with Crippen LogP contribution in [0.15, 0.2) is 65.1 Å². The summed E-state index contributed by atoms with van der Waals surface area (Å²) in [5.74, 6) is -0.423. The largest absolute Gasteiger partial charge is 0.478 e. The van der Waals surface area contributed by atoms with Crippen LogP contribution < -0.4 is 9.04 Å². The Kier molecular flexibility index (Phi) is 6.62. The van der Waals surface area contributed by atoms with Crippen LogP contribution in [0.5, 0.6) is 11.5 Å². The Morgan fingerprint density at radius 3 is 2.24 bits per heavy atom. The van der Waals surface area contributed by atoms with Gasteiger partial charge in [-0.05, 0) is 85.8 Å². The molecule has 1 unspecified atom stereocenters. The minimum Gasteiger partial charge on any atom is -0.478 e. The third kappa shape index (κ3) is 5.23. The molecule has 0 aliphatic heterocycles. The lowest BCUT2D eigenvalue weighted by molar-refractivity contribution is 0.0699. The number of anilines is 1. The Labute approximate surface area is 218 Å². The molecule has 0 radical (unpaired) electrons. The molecule has 0 amide bonds. The number of halogens is 1. The Morgan fingerprint density at radius 2 is 1.71 bits per heavy atom. The van der Waals surface area contributed by atoms with Crippen molar-refractivity contribution in [1.29, 1.82) is 0 Å². The fraction of sp³-hybridized carbons (Fsp3) is 0.250. The van der Waals surface area contributed by atoms with Crippen LogP contribution in [0.25, 0.3) is 22.3 Å². The molecule has 1 fully saturated rings. The standard InChI is InChI=1S/C28H26FNO7S/c1-16(31)15-30(38(2,34)35)24-14-25-23(13-22(24)17-3-4-17)26(28(32)33)27(37-25)18-5-9-20(10-6-18)36-21-11-7-19(29)8-12-21/h5-14,16-17,31H,3-4,15H2,1-2H3,(H,32,33). The highest BCUT2D eigenvalue weighted by atomic mass is 32.2. The molecule has 1 saturated carbocycles. The van der Waals surface area contributed by atoms with Gasteiger partial charge in [0.2, 0.25) is 10.0 Å². The topological polar surface area (TPSA) is 117 Å². The minimum absolute atomic E-state index is 0.0258. The number of carboxylic acids is 1. The van der Waals surface area contributed by atoms with Crippen molar-refractivity contribution < 1.29 is 37.0 Å². The van der Waals surface area contributed by atoms with Gasteiger partial charge in [0.25, 0.3) is 0 Å². The zero-order chi connectivity index (χ0) is 27.2. The van der Waals surface area contributed by atoms with E-state index in [0.717, 1.165) is 23.4 Å². The second-order valence-corrected chi connectivity index (χ2v) is 11.4. The Bertz CT molecular complexity index is 1610. The van der Waals surface area contributed by atoms with Gasteiger partial charge in [-0.1, -0.05) is 0 Å². The van der Waals surface area contributed by atoms with Crippen LogP contribution in [-0.2, 0) is 10.0 Å². The third-order valence-electron chi connectivity index (χ3n) is 6.33. The van der Waals surface area contributed by atoms with Gasteiger partial charge in [-0.25, -0.2) is 17.6 Å². The maximum atomic E-state index is 13.2. The number of hydrogen-bond acceptors (Lipinski definition) is 6. The van der Waals surface area contributed by atoms with E-state index in [9.17, 15) is 27.8 Å². The normalized spacial score (nSPS) is 14.4. The summed E-state index contributed by atoms with van der Waals surface area (Å²) in [6.45, 7) is 1.36. The van der Waals surface area contributed by atoms with Gasteiger partial charge >= 0.3 is 5.97 Å². The lowest BCUT2D eigenvalue weighted by atomic mass is 10.0. The molecule has 38 heavy (non-hydrogen) atoms. The number of aliphatic hydroxyl groups is 1. The maximum Gasteiger partial charge on any atom is 0.340 e. The number of carbonyl (C=O) groups is 1. The lowest BCUT2D eigenvalue weighted by Crippen LogP contribution is -2.36. The number of furan rings is 1. The average molecular weight is 540 g/mol. The summed E-state index contributed by atoms with van der Waals surface area (Å²) in [6.07, 6.45) is 1.87. The van der Waals surface area contributed by atoms with Crippen molar-refractivity contribution in [3.05, 3.63) is 77.6 Å². The molecule has 3 aromatic carbocycles. The Hall–Kier alpha value is -3.89. The van der Waals surface area contributed by atoms with E-state index in [2.05, 4.69) is 0 Å². The molecule has 5 rings (SSSR count). The lowest BCUT2D eigenvalue weighted by Gasteiger charge is -2.26. The van der Waals surface area contributed by atoms with E-state index in [1.165, 1.54) is 31.2 Å². The monoisotopic (exact) mass is 539 g/mol. The van der Waals surface area contributed by atoms with E-state index in [0.29, 0.717) is 33.7 Å². The first-order valence-electron chi connectivity index (χ1n) is 12.0. The van der Waals surface area contributed by atoms with Crippen molar-refractivity contribution in [1.82, 2.24) is 0 Å². The number of carboxylic acid groups (broad SMARTS) is 1. The van der Waals surface area contributed by atoms with Gasteiger partial charge in [0.05, 0.1) is 24.6 Å².